The average molecular weight is 341 g/mol. The number of aromatic amines is 1. The molecule has 0 aliphatic carbocycles. The van der Waals surface area contributed by atoms with Crippen LogP contribution in [-0.2, 0) is 11.2 Å². The Hall–Kier alpha value is -2.54. The molecule has 0 saturated carbocycles. The van der Waals surface area contributed by atoms with Gasteiger partial charge in [0.25, 0.3) is 0 Å². The molecule has 0 spiro atoms. The number of amides is 1. The van der Waals surface area contributed by atoms with Crippen LogP contribution in [-0.4, -0.2) is 26.1 Å². The second kappa shape index (κ2) is 7.35. The molecule has 0 aliphatic heterocycles. The van der Waals surface area contributed by atoms with Crippen LogP contribution in [0.1, 0.15) is 29.4 Å². The van der Waals surface area contributed by atoms with Crippen molar-refractivity contribution >= 4 is 22.9 Å². The van der Waals surface area contributed by atoms with E-state index in [9.17, 15) is 4.79 Å². The molecule has 7 heteroatoms. The van der Waals surface area contributed by atoms with Crippen LogP contribution >= 0.6 is 11.3 Å². The second-order valence-electron chi connectivity index (χ2n) is 5.58. The van der Waals surface area contributed by atoms with Crippen molar-refractivity contribution in [1.29, 1.82) is 0 Å². The van der Waals surface area contributed by atoms with E-state index in [1.54, 1.807) is 11.3 Å². The quantitative estimate of drug-likeness (QED) is 0.719. The van der Waals surface area contributed by atoms with Gasteiger partial charge in [-0.2, -0.15) is 5.10 Å². The molecular weight excluding hydrogens is 322 g/mol. The molecule has 6 nitrogen and oxygen atoms in total. The number of H-pyrrole nitrogens is 1. The van der Waals surface area contributed by atoms with Crippen molar-refractivity contribution in [2.45, 2.75) is 33.1 Å². The van der Waals surface area contributed by atoms with Gasteiger partial charge in [0, 0.05) is 23.1 Å². The molecule has 1 aromatic carbocycles. The minimum atomic E-state index is 0.0171. The lowest BCUT2D eigenvalue weighted by Crippen LogP contribution is -2.11. The van der Waals surface area contributed by atoms with Gasteiger partial charge in [-0.25, -0.2) is 9.97 Å². The third kappa shape index (κ3) is 4.26. The van der Waals surface area contributed by atoms with E-state index in [-0.39, 0.29) is 5.91 Å². The summed E-state index contributed by atoms with van der Waals surface area (Å²) in [5.41, 5.74) is 2.76. The van der Waals surface area contributed by atoms with Gasteiger partial charge in [-0.1, -0.05) is 0 Å². The zero-order chi connectivity index (χ0) is 16.9. The van der Waals surface area contributed by atoms with Crippen LogP contribution in [0, 0.1) is 13.8 Å². The summed E-state index contributed by atoms with van der Waals surface area (Å²) < 4.78 is 0. The van der Waals surface area contributed by atoms with E-state index in [0.29, 0.717) is 12.2 Å². The Morgan fingerprint density at radius 1 is 1.21 bits per heavy atom. The fourth-order valence-corrected chi connectivity index (χ4v) is 3.00. The highest BCUT2D eigenvalue weighted by Crippen LogP contribution is 2.18. The number of hydrogen-bond donors (Lipinski definition) is 2. The normalized spacial score (nSPS) is 10.8. The zero-order valence-electron chi connectivity index (χ0n) is 13.7. The Bertz CT molecular complexity index is 822. The molecule has 1 amide bonds. The van der Waals surface area contributed by atoms with Gasteiger partial charge in [-0.3, -0.25) is 9.89 Å². The molecule has 2 aromatic heterocycles. The van der Waals surface area contributed by atoms with Crippen molar-refractivity contribution in [3.05, 3.63) is 46.2 Å². The van der Waals surface area contributed by atoms with Crippen LogP contribution in [0.2, 0.25) is 0 Å². The molecule has 0 atom stereocenters. The van der Waals surface area contributed by atoms with Gasteiger partial charge in [-0.15, -0.1) is 11.3 Å². The van der Waals surface area contributed by atoms with E-state index in [1.165, 1.54) is 0 Å². The minimum absolute atomic E-state index is 0.0171. The highest BCUT2D eigenvalue weighted by Gasteiger charge is 2.06. The largest absolute Gasteiger partial charge is 0.326 e. The number of hydrogen-bond acceptors (Lipinski definition) is 5. The average Bonchev–Trinajstić information content (AvgIpc) is 3.17. The molecule has 0 unspecified atom stereocenters. The van der Waals surface area contributed by atoms with Gasteiger partial charge in [0.15, 0.2) is 5.82 Å². The molecule has 0 saturated heterocycles. The van der Waals surface area contributed by atoms with E-state index in [0.717, 1.165) is 40.6 Å². The Balaban J connectivity index is 1.49. The smallest absolute Gasteiger partial charge is 0.224 e. The lowest BCUT2D eigenvalue weighted by atomic mass is 10.1. The molecular formula is C17H19N5OS. The molecule has 0 bridgehead atoms. The van der Waals surface area contributed by atoms with E-state index in [4.69, 9.17) is 0 Å². The highest BCUT2D eigenvalue weighted by molar-refractivity contribution is 7.09. The van der Waals surface area contributed by atoms with Gasteiger partial charge >= 0.3 is 0 Å². The van der Waals surface area contributed by atoms with Crippen molar-refractivity contribution in [1.82, 2.24) is 20.2 Å². The van der Waals surface area contributed by atoms with Crippen molar-refractivity contribution in [3.8, 4) is 11.4 Å². The van der Waals surface area contributed by atoms with Gasteiger partial charge < -0.3 is 5.32 Å². The maximum Gasteiger partial charge on any atom is 0.224 e. The number of anilines is 1. The molecule has 3 aromatic rings. The lowest BCUT2D eigenvalue weighted by Gasteiger charge is -2.05. The van der Waals surface area contributed by atoms with E-state index in [1.807, 2.05) is 38.1 Å². The molecule has 2 N–H and O–H groups in total. The van der Waals surface area contributed by atoms with Crippen LogP contribution < -0.4 is 5.32 Å². The predicted molar refractivity (Wildman–Crippen MR) is 95.0 cm³/mol. The summed E-state index contributed by atoms with van der Waals surface area (Å²) in [7, 11) is 0. The van der Waals surface area contributed by atoms with E-state index >= 15 is 0 Å². The third-order valence-corrected chi connectivity index (χ3v) is 4.35. The van der Waals surface area contributed by atoms with Crippen LogP contribution in [0.4, 0.5) is 5.69 Å². The number of benzene rings is 1. The summed E-state index contributed by atoms with van der Waals surface area (Å²) in [6.45, 7) is 3.85. The van der Waals surface area contributed by atoms with Gasteiger partial charge in [0.2, 0.25) is 5.91 Å². The Morgan fingerprint density at radius 3 is 2.62 bits per heavy atom. The van der Waals surface area contributed by atoms with Crippen LogP contribution in [0.5, 0.6) is 0 Å². The Morgan fingerprint density at radius 2 is 2.00 bits per heavy atom. The number of aromatic nitrogens is 4. The maximum absolute atomic E-state index is 12.0. The summed E-state index contributed by atoms with van der Waals surface area (Å²) in [5, 5.41) is 13.0. The van der Waals surface area contributed by atoms with Crippen molar-refractivity contribution in [2.75, 3.05) is 5.32 Å². The van der Waals surface area contributed by atoms with Crippen molar-refractivity contribution in [3.63, 3.8) is 0 Å². The third-order valence-electron chi connectivity index (χ3n) is 3.53. The standard InChI is InChI=1S/C17H19N5OS/c1-11-18-17(22-21-11)13-6-8-14(9-7-13)20-16(23)5-3-4-15-10-24-12(2)19-15/h6-10H,3-5H2,1-2H3,(H,20,23)(H,18,21,22). The number of carbonyl (C=O) groups excluding carboxylic acids is 1. The van der Waals surface area contributed by atoms with Crippen LogP contribution in [0.25, 0.3) is 11.4 Å². The Labute approximate surface area is 144 Å². The number of nitrogens with zero attached hydrogens (tertiary/aromatic N) is 3. The first-order valence-electron chi connectivity index (χ1n) is 7.80. The van der Waals surface area contributed by atoms with Crippen LogP contribution in [0.3, 0.4) is 0 Å². The summed E-state index contributed by atoms with van der Waals surface area (Å²) in [6, 6.07) is 7.53. The Kier molecular flexibility index (Phi) is 5.00. The summed E-state index contributed by atoms with van der Waals surface area (Å²) in [4.78, 5) is 20.7. The zero-order valence-corrected chi connectivity index (χ0v) is 14.5. The first-order valence-corrected chi connectivity index (χ1v) is 8.68. The molecule has 124 valence electrons. The summed E-state index contributed by atoms with van der Waals surface area (Å²) in [5.74, 6) is 1.45. The molecule has 0 fully saturated rings. The monoisotopic (exact) mass is 341 g/mol. The highest BCUT2D eigenvalue weighted by atomic mass is 32.1. The van der Waals surface area contributed by atoms with Crippen molar-refractivity contribution < 1.29 is 4.79 Å². The van der Waals surface area contributed by atoms with E-state index < -0.39 is 0 Å². The number of rotatable bonds is 6. The lowest BCUT2D eigenvalue weighted by molar-refractivity contribution is -0.116. The molecule has 0 radical (unpaired) electrons. The predicted octanol–water partition coefficient (Wildman–Crippen LogP) is 3.51. The topological polar surface area (TPSA) is 83.6 Å². The van der Waals surface area contributed by atoms with Gasteiger partial charge in [-0.05, 0) is 51.0 Å². The molecule has 0 aliphatic rings. The van der Waals surface area contributed by atoms with Gasteiger partial charge in [0.1, 0.15) is 5.82 Å². The molecule has 24 heavy (non-hydrogen) atoms. The fourth-order valence-electron chi connectivity index (χ4n) is 2.35. The molecule has 2 heterocycles. The number of nitrogens with one attached hydrogen (secondary N) is 2. The number of aryl methyl sites for hydroxylation is 3. The number of thiazole rings is 1. The summed E-state index contributed by atoms with van der Waals surface area (Å²) in [6.07, 6.45) is 2.11. The van der Waals surface area contributed by atoms with Gasteiger partial charge in [0.05, 0.1) is 10.7 Å². The summed E-state index contributed by atoms with van der Waals surface area (Å²) >= 11 is 1.64. The first-order chi connectivity index (χ1) is 11.6. The number of carbonyl (C=O) groups is 1. The van der Waals surface area contributed by atoms with Crippen molar-refractivity contribution in [2.24, 2.45) is 0 Å². The SMILES string of the molecule is Cc1nc(-c2ccc(NC(=O)CCCc3csc(C)n3)cc2)n[nH]1. The molecule has 3 rings (SSSR count). The maximum atomic E-state index is 12.0. The minimum Gasteiger partial charge on any atom is -0.326 e. The van der Waals surface area contributed by atoms with Crippen LogP contribution in [0.15, 0.2) is 29.6 Å². The fraction of sp³-hybridized carbons (Fsp3) is 0.294. The van der Waals surface area contributed by atoms with E-state index in [2.05, 4.69) is 30.9 Å². The first kappa shape index (κ1) is 16.3. The second-order valence-corrected chi connectivity index (χ2v) is 6.64.